The van der Waals surface area contributed by atoms with Crippen LogP contribution in [0.4, 0.5) is 0 Å². The molecular weight excluding hydrogens is 300 g/mol. The first-order valence-corrected chi connectivity index (χ1v) is 9.24. The summed E-state index contributed by atoms with van der Waals surface area (Å²) in [6.07, 6.45) is 2.95. The smallest absolute Gasteiger partial charge is 0.243 e. The molecule has 120 valence electrons. The third kappa shape index (κ3) is 2.54. The summed E-state index contributed by atoms with van der Waals surface area (Å²) in [6, 6.07) is 7.07. The number of hydrogen-bond acceptors (Lipinski definition) is 3. The highest BCUT2D eigenvalue weighted by Gasteiger charge is 2.44. The maximum absolute atomic E-state index is 12.9. The van der Waals surface area contributed by atoms with Crippen LogP contribution in [0.25, 0.3) is 0 Å². The molecule has 0 aliphatic carbocycles. The minimum Gasteiger partial charge on any atom is -0.356 e. The quantitative estimate of drug-likeness (QED) is 0.901. The molecule has 0 aromatic heterocycles. The summed E-state index contributed by atoms with van der Waals surface area (Å²) in [6.45, 7) is 3.44. The molecule has 1 aromatic rings. The average Bonchev–Trinajstić information content (AvgIpc) is 2.71. The molecule has 3 rings (SSSR count). The fraction of sp³-hybridized carbons (Fsp3) is 0.562. The molecule has 1 spiro atoms. The van der Waals surface area contributed by atoms with Gasteiger partial charge in [0.15, 0.2) is 0 Å². The van der Waals surface area contributed by atoms with Gasteiger partial charge in [-0.15, -0.1) is 0 Å². The first-order chi connectivity index (χ1) is 10.5. The standard InChI is InChI=1S/C16H22N2O3S/c1-13-5-2-3-6-14(13)22(20,21)18-11-4-7-16(9-12-18)8-10-17-15(16)19/h2-3,5-6H,4,7-12H2,1H3,(H,17,19)/t16-/m1/s1. The van der Waals surface area contributed by atoms with Crippen molar-refractivity contribution >= 4 is 15.9 Å². The molecule has 5 nitrogen and oxygen atoms in total. The molecule has 2 saturated heterocycles. The van der Waals surface area contributed by atoms with Crippen LogP contribution in [0.2, 0.25) is 0 Å². The van der Waals surface area contributed by atoms with Crippen molar-refractivity contribution in [3.63, 3.8) is 0 Å². The zero-order valence-corrected chi connectivity index (χ0v) is 13.7. The molecule has 0 radical (unpaired) electrons. The Kier molecular flexibility index (Phi) is 3.99. The van der Waals surface area contributed by atoms with Gasteiger partial charge in [0.1, 0.15) is 0 Å². The summed E-state index contributed by atoms with van der Waals surface area (Å²) in [5.41, 5.74) is 0.413. The fourth-order valence-electron chi connectivity index (χ4n) is 3.59. The normalized spacial score (nSPS) is 26.9. The van der Waals surface area contributed by atoms with Gasteiger partial charge in [-0.2, -0.15) is 4.31 Å². The molecule has 1 N–H and O–H groups in total. The molecule has 22 heavy (non-hydrogen) atoms. The predicted molar refractivity (Wildman–Crippen MR) is 83.8 cm³/mol. The highest BCUT2D eigenvalue weighted by atomic mass is 32.2. The molecule has 2 aliphatic heterocycles. The second-order valence-electron chi connectivity index (χ2n) is 6.31. The van der Waals surface area contributed by atoms with E-state index < -0.39 is 10.0 Å². The van der Waals surface area contributed by atoms with Crippen LogP contribution in [-0.4, -0.2) is 38.3 Å². The summed E-state index contributed by atoms with van der Waals surface area (Å²) in [5.74, 6) is 0.0997. The maximum atomic E-state index is 12.9. The minimum absolute atomic E-state index is 0.0997. The minimum atomic E-state index is -3.48. The van der Waals surface area contributed by atoms with Crippen LogP contribution >= 0.6 is 0 Å². The second-order valence-corrected chi connectivity index (χ2v) is 8.22. The number of amides is 1. The van der Waals surface area contributed by atoms with E-state index in [1.54, 1.807) is 16.4 Å². The number of rotatable bonds is 2. The van der Waals surface area contributed by atoms with Crippen molar-refractivity contribution in [2.75, 3.05) is 19.6 Å². The lowest BCUT2D eigenvalue weighted by Crippen LogP contribution is -2.35. The summed E-state index contributed by atoms with van der Waals surface area (Å²) in [4.78, 5) is 12.5. The highest BCUT2D eigenvalue weighted by Crippen LogP contribution is 2.39. The van der Waals surface area contributed by atoms with Crippen molar-refractivity contribution in [1.29, 1.82) is 0 Å². The molecule has 2 heterocycles. The number of carbonyl (C=O) groups is 1. The van der Waals surface area contributed by atoms with E-state index in [1.165, 1.54) is 0 Å². The third-order valence-corrected chi connectivity index (χ3v) is 7.04. The number of nitrogens with one attached hydrogen (secondary N) is 1. The third-order valence-electron chi connectivity index (χ3n) is 4.98. The monoisotopic (exact) mass is 322 g/mol. The molecule has 0 unspecified atom stereocenters. The van der Waals surface area contributed by atoms with E-state index in [2.05, 4.69) is 5.32 Å². The van der Waals surface area contributed by atoms with Crippen LogP contribution in [0.15, 0.2) is 29.2 Å². The van der Waals surface area contributed by atoms with E-state index in [1.807, 2.05) is 19.1 Å². The summed E-state index contributed by atoms with van der Waals surface area (Å²) >= 11 is 0. The lowest BCUT2D eigenvalue weighted by atomic mass is 9.79. The van der Waals surface area contributed by atoms with E-state index >= 15 is 0 Å². The van der Waals surface area contributed by atoms with E-state index in [4.69, 9.17) is 0 Å². The van der Waals surface area contributed by atoms with Gasteiger partial charge in [-0.05, 0) is 44.2 Å². The Morgan fingerprint density at radius 1 is 1.14 bits per heavy atom. The van der Waals surface area contributed by atoms with Crippen LogP contribution < -0.4 is 5.32 Å². The molecule has 6 heteroatoms. The molecule has 1 atom stereocenters. The Morgan fingerprint density at radius 2 is 1.91 bits per heavy atom. The van der Waals surface area contributed by atoms with Gasteiger partial charge in [-0.3, -0.25) is 4.79 Å². The molecule has 0 bridgehead atoms. The number of nitrogens with zero attached hydrogens (tertiary/aromatic N) is 1. The Morgan fingerprint density at radius 3 is 2.59 bits per heavy atom. The van der Waals surface area contributed by atoms with E-state index in [-0.39, 0.29) is 11.3 Å². The van der Waals surface area contributed by atoms with Gasteiger partial charge in [0.2, 0.25) is 15.9 Å². The van der Waals surface area contributed by atoms with Crippen molar-refractivity contribution in [1.82, 2.24) is 9.62 Å². The average molecular weight is 322 g/mol. The highest BCUT2D eigenvalue weighted by molar-refractivity contribution is 7.89. The largest absolute Gasteiger partial charge is 0.356 e. The Bertz CT molecular complexity index is 686. The zero-order valence-electron chi connectivity index (χ0n) is 12.8. The van der Waals surface area contributed by atoms with Gasteiger partial charge < -0.3 is 5.32 Å². The second kappa shape index (κ2) is 5.66. The van der Waals surface area contributed by atoms with Crippen molar-refractivity contribution in [3.8, 4) is 0 Å². The van der Waals surface area contributed by atoms with Gasteiger partial charge in [-0.25, -0.2) is 8.42 Å². The van der Waals surface area contributed by atoms with Gasteiger partial charge in [-0.1, -0.05) is 18.2 Å². The predicted octanol–water partition coefficient (Wildman–Crippen LogP) is 1.68. The Hall–Kier alpha value is -1.40. The lowest BCUT2D eigenvalue weighted by molar-refractivity contribution is -0.128. The molecule has 1 amide bonds. The van der Waals surface area contributed by atoms with Crippen molar-refractivity contribution < 1.29 is 13.2 Å². The van der Waals surface area contributed by atoms with Crippen molar-refractivity contribution in [2.45, 2.75) is 37.5 Å². The maximum Gasteiger partial charge on any atom is 0.243 e. The number of hydrogen-bond donors (Lipinski definition) is 1. The van der Waals surface area contributed by atoms with Gasteiger partial charge in [0, 0.05) is 19.6 Å². The van der Waals surface area contributed by atoms with Crippen LogP contribution in [-0.2, 0) is 14.8 Å². The topological polar surface area (TPSA) is 66.5 Å². The van der Waals surface area contributed by atoms with Crippen molar-refractivity contribution in [3.05, 3.63) is 29.8 Å². The summed E-state index contributed by atoms with van der Waals surface area (Å²) in [5, 5.41) is 2.90. The molecular formula is C16H22N2O3S. The van der Waals surface area contributed by atoms with Crippen LogP contribution in [0.3, 0.4) is 0 Å². The van der Waals surface area contributed by atoms with E-state index in [0.29, 0.717) is 31.0 Å². The molecule has 2 fully saturated rings. The number of aryl methyl sites for hydroxylation is 1. The van der Waals surface area contributed by atoms with Crippen LogP contribution in [0.1, 0.15) is 31.2 Å². The SMILES string of the molecule is Cc1ccccc1S(=O)(=O)N1CCC[C@@]2(CCNC2=O)CC1. The number of benzene rings is 1. The Labute approximate surface area is 131 Å². The molecule has 2 aliphatic rings. The molecule has 1 aromatic carbocycles. The first-order valence-electron chi connectivity index (χ1n) is 7.80. The van der Waals surface area contributed by atoms with E-state index in [9.17, 15) is 13.2 Å². The molecule has 0 saturated carbocycles. The van der Waals surface area contributed by atoms with Gasteiger partial charge >= 0.3 is 0 Å². The van der Waals surface area contributed by atoms with E-state index in [0.717, 1.165) is 24.8 Å². The van der Waals surface area contributed by atoms with Crippen molar-refractivity contribution in [2.24, 2.45) is 5.41 Å². The number of carbonyl (C=O) groups excluding carboxylic acids is 1. The van der Waals surface area contributed by atoms with Gasteiger partial charge in [0.05, 0.1) is 10.3 Å². The van der Waals surface area contributed by atoms with Gasteiger partial charge in [0.25, 0.3) is 0 Å². The zero-order chi connectivity index (χ0) is 15.8. The van der Waals surface area contributed by atoms with Crippen LogP contribution in [0.5, 0.6) is 0 Å². The van der Waals surface area contributed by atoms with Crippen LogP contribution in [0, 0.1) is 12.3 Å². The fourth-order valence-corrected chi connectivity index (χ4v) is 5.29. The summed E-state index contributed by atoms with van der Waals surface area (Å²) < 4.78 is 27.3. The number of sulfonamides is 1. The lowest BCUT2D eigenvalue weighted by Gasteiger charge is -2.24. The Balaban J connectivity index is 1.84. The summed E-state index contributed by atoms with van der Waals surface area (Å²) in [7, 11) is -3.48. The first kappa shape index (κ1) is 15.5.